The number of nitrogens with zero attached hydrogens (tertiary/aromatic N) is 16. The molecule has 0 aromatic heterocycles. The van der Waals surface area contributed by atoms with Gasteiger partial charge in [0.15, 0.2) is 22.7 Å². The number of fused-ring (bicyclic) bond motifs is 8. The van der Waals surface area contributed by atoms with Crippen molar-refractivity contribution in [3.05, 3.63) is 303 Å². The van der Waals surface area contributed by atoms with Gasteiger partial charge in [0.25, 0.3) is 0 Å². The summed E-state index contributed by atoms with van der Waals surface area (Å²) in [6, 6.07) is 71.4. The largest absolute Gasteiger partial charge is 0.238 e. The lowest BCUT2D eigenvalue weighted by molar-refractivity contribution is 1.46. The zero-order valence-electron chi connectivity index (χ0n) is 65.0. The number of aryl methyl sites for hydroxylation is 8. The molecule has 0 saturated carbocycles. The van der Waals surface area contributed by atoms with Crippen molar-refractivity contribution in [2.75, 3.05) is 0 Å². The molecule has 120 heavy (non-hydrogen) atoms. The maximum atomic E-state index is 9.94. The molecule has 0 atom stereocenters. The van der Waals surface area contributed by atoms with E-state index in [1.165, 1.54) is 0 Å². The van der Waals surface area contributed by atoms with Gasteiger partial charge < -0.3 is 0 Å². The lowest BCUT2D eigenvalue weighted by atomic mass is 9.82. The van der Waals surface area contributed by atoms with E-state index < -0.39 is 0 Å². The van der Waals surface area contributed by atoms with Crippen molar-refractivity contribution in [2.24, 2.45) is 0 Å². The highest BCUT2D eigenvalue weighted by Gasteiger charge is 2.30. The van der Waals surface area contributed by atoms with Gasteiger partial charge in [-0.3, -0.25) is 0 Å². The number of hydrogen-bond acceptors (Lipinski definition) is 12. The van der Waals surface area contributed by atoms with Gasteiger partial charge in [-0.2, -0.15) is 63.1 Å². The van der Waals surface area contributed by atoms with E-state index in [-0.39, 0.29) is 0 Å². The van der Waals surface area contributed by atoms with E-state index in [0.29, 0.717) is 111 Å². The number of rotatable bonds is 0. The molecule has 0 spiro atoms. The van der Waals surface area contributed by atoms with Gasteiger partial charge in [-0.25, -0.2) is 19.4 Å². The fourth-order valence-corrected chi connectivity index (χ4v) is 19.2. The first-order valence-electron chi connectivity index (χ1n) is 37.4. The summed E-state index contributed by atoms with van der Waals surface area (Å²) in [4.78, 5) is 15.1. The molecule has 0 aliphatic rings. The third-order valence-corrected chi connectivity index (χ3v) is 23.9. The Hall–Kier alpha value is -18.6. The molecule has 20 aromatic rings. The van der Waals surface area contributed by atoms with Crippen LogP contribution in [0.1, 0.15) is 111 Å². The van der Waals surface area contributed by atoms with E-state index in [0.717, 1.165) is 195 Å². The molecule has 16 heteroatoms. The van der Waals surface area contributed by atoms with E-state index >= 15 is 0 Å². The topological polar surface area (TPSA) is 303 Å². The Morgan fingerprint density at radius 1 is 0.158 bits per heavy atom. The van der Waals surface area contributed by atoms with Crippen molar-refractivity contribution in [3.63, 3.8) is 0 Å². The summed E-state index contributed by atoms with van der Waals surface area (Å²) in [6.45, 7) is 46.6. The molecule has 0 amide bonds. The summed E-state index contributed by atoms with van der Waals surface area (Å²) in [7, 11) is 0. The fourth-order valence-electron chi connectivity index (χ4n) is 19.2. The smallest absolute Gasteiger partial charge is 0.195 e. The Balaban J connectivity index is 0.000000114. The van der Waals surface area contributed by atoms with Crippen LogP contribution >= 0.6 is 0 Å². The van der Waals surface area contributed by atoms with Crippen molar-refractivity contribution < 1.29 is 0 Å². The number of benzene rings is 20. The predicted molar refractivity (Wildman–Crippen MR) is 470 cm³/mol. The Labute approximate surface area is 684 Å². The molecule has 0 aliphatic carbocycles. The van der Waals surface area contributed by atoms with Crippen molar-refractivity contribution >= 4 is 195 Å². The third-order valence-electron chi connectivity index (χ3n) is 23.9. The van der Waals surface area contributed by atoms with Crippen LogP contribution in [0.4, 0.5) is 22.7 Å². The van der Waals surface area contributed by atoms with Crippen molar-refractivity contribution in [3.8, 4) is 72.8 Å². The predicted octanol–water partition coefficient (Wildman–Crippen LogP) is 26.1. The van der Waals surface area contributed by atoms with Crippen LogP contribution in [-0.4, -0.2) is 0 Å². The van der Waals surface area contributed by atoms with Crippen LogP contribution in [0.15, 0.2) is 146 Å². The lowest BCUT2D eigenvalue weighted by Crippen LogP contribution is -1.98. The molecule has 0 fully saturated rings. The average molecular weight is 1520 g/mol. The number of nitriles is 12. The zero-order chi connectivity index (χ0) is 84.6. The molecule has 0 saturated heterocycles. The second kappa shape index (κ2) is 27.7. The van der Waals surface area contributed by atoms with Gasteiger partial charge in [-0.15, -0.1) is 0 Å². The monoisotopic (exact) mass is 1520 g/mol. The normalized spacial score (nSPS) is 10.9. The van der Waals surface area contributed by atoms with Crippen LogP contribution in [0, 0.1) is 218 Å². The molecular weight excluding hydrogens is 1470 g/mol. The maximum Gasteiger partial charge on any atom is 0.195 e. The molecule has 0 aliphatic heterocycles. The summed E-state index contributed by atoms with van der Waals surface area (Å²) in [5.74, 6) is 0. The molecule has 0 N–H and O–H groups in total. The minimum absolute atomic E-state index is 0.362. The Bertz CT molecular complexity index is 8480. The standard InChI is InChI=1S/4C26H12N4/c1-13-9-19(29-3)25-23-17(7-5-15(11-27)21(13)23)18-8-6-16(12-28)22-14(2)10-20(30-4)26(25)24(18)22;2*1-13-4-6-19-24-18(7-5-15(10-27)21(13)24)23-17(12-29)9-16(11-28)22-14(2)8-20(30-3)25(19)26(22)23;1-13-3-5-19-20-6-4-14(2)22-16(10-28)8-18(12-30)24(26(20)22)23-17(11-29)7-15(9-27)21(13)25(19)23/h5-10H,1-2H3;2*4-9H,1-2H3;3-8H,1-2H3. The Kier molecular flexibility index (Phi) is 17.1. The van der Waals surface area contributed by atoms with Crippen molar-refractivity contribution in [1.82, 2.24) is 0 Å². The van der Waals surface area contributed by atoms with Crippen LogP contribution in [0.5, 0.6) is 0 Å². The Morgan fingerprint density at radius 2 is 0.342 bits per heavy atom. The Morgan fingerprint density at radius 3 is 0.600 bits per heavy atom. The van der Waals surface area contributed by atoms with Crippen LogP contribution in [0.25, 0.3) is 192 Å². The summed E-state index contributed by atoms with van der Waals surface area (Å²) in [5, 5.41) is 144. The van der Waals surface area contributed by atoms with Crippen molar-refractivity contribution in [2.45, 2.75) is 55.4 Å². The molecule has 20 rings (SSSR count). The average Bonchev–Trinajstić information content (AvgIpc) is 0.713. The first-order chi connectivity index (χ1) is 58.2. The van der Waals surface area contributed by atoms with E-state index in [1.807, 2.05) is 152 Å². The van der Waals surface area contributed by atoms with E-state index in [2.05, 4.69) is 92.2 Å². The first kappa shape index (κ1) is 74.2. The molecule has 0 unspecified atom stereocenters. The molecule has 20 aromatic carbocycles. The van der Waals surface area contributed by atoms with Crippen LogP contribution in [0.3, 0.4) is 0 Å². The minimum atomic E-state index is 0.362. The quantitative estimate of drug-likeness (QED) is 0.0777. The van der Waals surface area contributed by atoms with E-state index in [9.17, 15) is 63.1 Å². The van der Waals surface area contributed by atoms with Crippen LogP contribution in [-0.2, 0) is 0 Å². The number of hydrogen-bond donors (Lipinski definition) is 0. The van der Waals surface area contributed by atoms with Crippen LogP contribution in [0.2, 0.25) is 0 Å². The van der Waals surface area contributed by atoms with Gasteiger partial charge in [0.2, 0.25) is 0 Å². The molecular formula is C104H48N16. The van der Waals surface area contributed by atoms with Gasteiger partial charge in [0, 0.05) is 75.4 Å². The molecule has 16 nitrogen and oxygen atoms in total. The van der Waals surface area contributed by atoms with Gasteiger partial charge >= 0.3 is 0 Å². The van der Waals surface area contributed by atoms with Gasteiger partial charge in [-0.1, -0.05) is 119 Å². The minimum Gasteiger partial charge on any atom is -0.238 e. The second-order valence-electron chi connectivity index (χ2n) is 29.9. The molecule has 544 valence electrons. The second-order valence-corrected chi connectivity index (χ2v) is 29.9. The molecule has 0 heterocycles. The first-order valence-corrected chi connectivity index (χ1v) is 37.4. The zero-order valence-corrected chi connectivity index (χ0v) is 65.0. The van der Waals surface area contributed by atoms with Crippen molar-refractivity contribution in [1.29, 1.82) is 63.1 Å². The highest BCUT2D eigenvalue weighted by Crippen LogP contribution is 2.54. The fraction of sp³-hybridized carbons (Fsp3) is 0.0769. The highest BCUT2D eigenvalue weighted by atomic mass is 14.7. The summed E-state index contributed by atoms with van der Waals surface area (Å²) in [6.07, 6.45) is 0. The SMILES string of the molecule is Cc1ccc2c3ccc(C)c4c(C#N)cc(C#N)c(c5c(C#N)cc(C#N)c1c25)c43.[C-]#[N+]c1cc(C)c2c(C#N)cc(C#N)c3c4ccc(C#N)c5c(C)ccc(c1c23)c54.[C-]#[N+]c1cc(C)c2c(C#N)cc(C#N)c3c4ccc(C#N)c5c(C)ccc(c1c23)c54.[C-]#[N+]c1cc(C)c2c(C#N)ccc3c4ccc(C#N)c5c(C)cc([N+]#[C-])c(c1c23)c54. The highest BCUT2D eigenvalue weighted by molar-refractivity contribution is 6.42. The summed E-state index contributed by atoms with van der Waals surface area (Å²) >= 11 is 0. The summed E-state index contributed by atoms with van der Waals surface area (Å²) < 4.78 is 0. The molecule has 0 radical (unpaired) electrons. The maximum absolute atomic E-state index is 9.94. The van der Waals surface area contributed by atoms with Crippen LogP contribution < -0.4 is 0 Å². The van der Waals surface area contributed by atoms with E-state index in [1.54, 1.807) is 48.5 Å². The third kappa shape index (κ3) is 10.1. The molecule has 0 bridgehead atoms. The van der Waals surface area contributed by atoms with Gasteiger partial charge in [0.05, 0.1) is 166 Å². The summed E-state index contributed by atoms with van der Waals surface area (Å²) in [5.41, 5.74) is 14.6. The van der Waals surface area contributed by atoms with E-state index in [4.69, 9.17) is 26.3 Å². The lowest BCUT2D eigenvalue weighted by Gasteiger charge is -2.20. The van der Waals surface area contributed by atoms with Gasteiger partial charge in [-0.05, 0) is 223 Å². The van der Waals surface area contributed by atoms with Gasteiger partial charge in [0.1, 0.15) is 0 Å².